The maximum Gasteiger partial charge on any atom is 0.161 e. The molecule has 0 amide bonds. The van der Waals surface area contributed by atoms with Crippen LogP contribution in [0.2, 0.25) is 0 Å². The summed E-state index contributed by atoms with van der Waals surface area (Å²) in [5.41, 5.74) is 0.686. The molecule has 2 rings (SSSR count). The molecule has 1 unspecified atom stereocenters. The Morgan fingerprint density at radius 3 is 2.80 bits per heavy atom. The highest BCUT2D eigenvalue weighted by atomic mass is 16.1. The van der Waals surface area contributed by atoms with E-state index in [1.54, 1.807) is 13.1 Å². The second-order valence-electron chi connectivity index (χ2n) is 4.30. The number of hydrogen-bond donors (Lipinski definition) is 0. The second-order valence-corrected chi connectivity index (χ2v) is 4.30. The highest BCUT2D eigenvalue weighted by Crippen LogP contribution is 2.21. The highest BCUT2D eigenvalue weighted by molar-refractivity contribution is 5.93. The number of nitrogens with zero attached hydrogens (tertiary/aromatic N) is 2. The molecule has 0 aromatic carbocycles. The Morgan fingerprint density at radius 1 is 1.53 bits per heavy atom. The van der Waals surface area contributed by atoms with Gasteiger partial charge in [-0.15, -0.1) is 0 Å². The number of carbonyl (C=O) groups is 1. The first-order chi connectivity index (χ1) is 7.16. The van der Waals surface area contributed by atoms with Gasteiger partial charge in [0.15, 0.2) is 5.78 Å². The van der Waals surface area contributed by atoms with Gasteiger partial charge in [-0.3, -0.25) is 4.79 Å². The van der Waals surface area contributed by atoms with Crippen molar-refractivity contribution in [2.75, 3.05) is 18.0 Å². The molecule has 3 nitrogen and oxygen atoms in total. The van der Waals surface area contributed by atoms with E-state index in [0.717, 1.165) is 24.8 Å². The fourth-order valence-electron chi connectivity index (χ4n) is 1.92. The molecule has 80 valence electrons. The Labute approximate surface area is 90.1 Å². The lowest BCUT2D eigenvalue weighted by atomic mass is 10.2. The fourth-order valence-corrected chi connectivity index (χ4v) is 1.92. The minimum Gasteiger partial charge on any atom is -0.356 e. The van der Waals surface area contributed by atoms with E-state index in [2.05, 4.69) is 16.8 Å². The predicted octanol–water partition coefficient (Wildman–Crippen LogP) is 2.13. The van der Waals surface area contributed by atoms with Crippen LogP contribution in [0, 0.1) is 5.92 Å². The van der Waals surface area contributed by atoms with Crippen molar-refractivity contribution < 1.29 is 4.79 Å². The van der Waals surface area contributed by atoms with Crippen LogP contribution in [0.3, 0.4) is 0 Å². The SMILES string of the molecule is CC(=O)c1ccc(N2CCC(C)C2)nc1. The number of pyridine rings is 1. The van der Waals surface area contributed by atoms with Crippen LogP contribution < -0.4 is 4.90 Å². The summed E-state index contributed by atoms with van der Waals surface area (Å²) in [4.78, 5) is 17.7. The molecule has 0 saturated carbocycles. The summed E-state index contributed by atoms with van der Waals surface area (Å²) in [7, 11) is 0. The summed E-state index contributed by atoms with van der Waals surface area (Å²) in [6, 6.07) is 3.79. The molecule has 2 heterocycles. The fraction of sp³-hybridized carbons (Fsp3) is 0.500. The predicted molar refractivity (Wildman–Crippen MR) is 60.2 cm³/mol. The molecular weight excluding hydrogens is 188 g/mol. The molecular formula is C12H16N2O. The molecule has 1 atom stereocenters. The van der Waals surface area contributed by atoms with E-state index in [1.165, 1.54) is 6.42 Å². The number of ketones is 1. The highest BCUT2D eigenvalue weighted by Gasteiger charge is 2.19. The lowest BCUT2D eigenvalue weighted by molar-refractivity contribution is 0.101. The summed E-state index contributed by atoms with van der Waals surface area (Å²) >= 11 is 0. The van der Waals surface area contributed by atoms with Gasteiger partial charge in [-0.1, -0.05) is 6.92 Å². The third-order valence-corrected chi connectivity index (χ3v) is 2.90. The van der Waals surface area contributed by atoms with Gasteiger partial charge in [0.2, 0.25) is 0 Å². The molecule has 1 saturated heterocycles. The molecule has 0 radical (unpaired) electrons. The maximum absolute atomic E-state index is 11.1. The second kappa shape index (κ2) is 4.01. The summed E-state index contributed by atoms with van der Waals surface area (Å²) in [5.74, 6) is 1.81. The topological polar surface area (TPSA) is 33.2 Å². The summed E-state index contributed by atoms with van der Waals surface area (Å²) < 4.78 is 0. The van der Waals surface area contributed by atoms with Crippen molar-refractivity contribution in [3.8, 4) is 0 Å². The van der Waals surface area contributed by atoms with Gasteiger partial charge in [0.1, 0.15) is 5.82 Å². The van der Waals surface area contributed by atoms with Crippen LogP contribution in [0.25, 0.3) is 0 Å². The molecule has 1 fully saturated rings. The van der Waals surface area contributed by atoms with Crippen molar-refractivity contribution in [3.05, 3.63) is 23.9 Å². The Hall–Kier alpha value is -1.38. The van der Waals surface area contributed by atoms with E-state index in [0.29, 0.717) is 5.56 Å². The van der Waals surface area contributed by atoms with Gasteiger partial charge >= 0.3 is 0 Å². The van der Waals surface area contributed by atoms with E-state index in [9.17, 15) is 4.79 Å². The molecule has 0 spiro atoms. The zero-order valence-corrected chi connectivity index (χ0v) is 9.23. The van der Waals surface area contributed by atoms with Crippen LogP contribution >= 0.6 is 0 Å². The summed E-state index contributed by atoms with van der Waals surface area (Å²) in [5, 5.41) is 0. The first kappa shape index (κ1) is 10.1. The van der Waals surface area contributed by atoms with Crippen LogP contribution in [-0.2, 0) is 0 Å². The van der Waals surface area contributed by atoms with E-state index in [1.807, 2.05) is 12.1 Å². The minimum atomic E-state index is 0.0730. The van der Waals surface area contributed by atoms with Crippen LogP contribution in [0.15, 0.2) is 18.3 Å². The number of aromatic nitrogens is 1. The first-order valence-corrected chi connectivity index (χ1v) is 5.39. The normalized spacial score (nSPS) is 20.7. The van der Waals surface area contributed by atoms with Crippen molar-refractivity contribution in [3.63, 3.8) is 0 Å². The average molecular weight is 204 g/mol. The van der Waals surface area contributed by atoms with E-state index in [4.69, 9.17) is 0 Å². The molecule has 0 bridgehead atoms. The van der Waals surface area contributed by atoms with Crippen molar-refractivity contribution >= 4 is 11.6 Å². The van der Waals surface area contributed by atoms with Crippen molar-refractivity contribution in [1.29, 1.82) is 0 Å². The van der Waals surface area contributed by atoms with Crippen molar-refractivity contribution in [2.24, 2.45) is 5.92 Å². The molecule has 1 aromatic heterocycles. The van der Waals surface area contributed by atoms with Gasteiger partial charge in [-0.05, 0) is 31.4 Å². The number of anilines is 1. The van der Waals surface area contributed by atoms with E-state index >= 15 is 0 Å². The summed E-state index contributed by atoms with van der Waals surface area (Å²) in [6.45, 7) is 5.97. The van der Waals surface area contributed by atoms with Gasteiger partial charge < -0.3 is 4.90 Å². The van der Waals surface area contributed by atoms with Crippen molar-refractivity contribution in [1.82, 2.24) is 4.98 Å². The van der Waals surface area contributed by atoms with Gasteiger partial charge in [0.25, 0.3) is 0 Å². The molecule has 3 heteroatoms. The van der Waals surface area contributed by atoms with Crippen LogP contribution in [0.1, 0.15) is 30.6 Å². The number of rotatable bonds is 2. The number of Topliss-reactive ketones (excluding diaryl/α,β-unsaturated/α-hetero) is 1. The molecule has 15 heavy (non-hydrogen) atoms. The number of hydrogen-bond acceptors (Lipinski definition) is 3. The molecule has 1 aromatic rings. The van der Waals surface area contributed by atoms with Gasteiger partial charge in [0.05, 0.1) is 0 Å². The van der Waals surface area contributed by atoms with Crippen molar-refractivity contribution in [2.45, 2.75) is 20.3 Å². The molecule has 1 aliphatic heterocycles. The zero-order chi connectivity index (χ0) is 10.8. The zero-order valence-electron chi connectivity index (χ0n) is 9.23. The van der Waals surface area contributed by atoms with E-state index in [-0.39, 0.29) is 5.78 Å². The molecule has 1 aliphatic rings. The van der Waals surface area contributed by atoms with Crippen LogP contribution in [-0.4, -0.2) is 23.9 Å². The maximum atomic E-state index is 11.1. The Balaban J connectivity index is 2.13. The molecule has 0 N–H and O–H groups in total. The summed E-state index contributed by atoms with van der Waals surface area (Å²) in [6.07, 6.45) is 2.90. The third kappa shape index (κ3) is 2.17. The van der Waals surface area contributed by atoms with Crippen LogP contribution in [0.4, 0.5) is 5.82 Å². The first-order valence-electron chi connectivity index (χ1n) is 5.39. The Bertz CT molecular complexity index is 358. The van der Waals surface area contributed by atoms with Gasteiger partial charge in [-0.25, -0.2) is 4.98 Å². The number of carbonyl (C=O) groups excluding carboxylic acids is 1. The minimum absolute atomic E-state index is 0.0730. The Morgan fingerprint density at radius 2 is 2.33 bits per heavy atom. The van der Waals surface area contributed by atoms with E-state index < -0.39 is 0 Å². The largest absolute Gasteiger partial charge is 0.356 e. The van der Waals surface area contributed by atoms with Gasteiger partial charge in [0, 0.05) is 24.8 Å². The third-order valence-electron chi connectivity index (χ3n) is 2.90. The standard InChI is InChI=1S/C12H16N2O/c1-9-5-6-14(8-9)12-4-3-11(7-13-12)10(2)15/h3-4,7,9H,5-6,8H2,1-2H3. The monoisotopic (exact) mass is 204 g/mol. The lowest BCUT2D eigenvalue weighted by Gasteiger charge is -2.16. The van der Waals surface area contributed by atoms with Gasteiger partial charge in [-0.2, -0.15) is 0 Å². The average Bonchev–Trinajstić information content (AvgIpc) is 2.65. The Kier molecular flexibility index (Phi) is 2.71. The quantitative estimate of drug-likeness (QED) is 0.692. The molecule has 0 aliphatic carbocycles. The lowest BCUT2D eigenvalue weighted by Crippen LogP contribution is -2.20. The smallest absolute Gasteiger partial charge is 0.161 e. The van der Waals surface area contributed by atoms with Crippen LogP contribution in [0.5, 0.6) is 0 Å².